The zero-order chi connectivity index (χ0) is 14.8. The Morgan fingerprint density at radius 3 is 2.48 bits per heavy atom. The summed E-state index contributed by atoms with van der Waals surface area (Å²) in [6.07, 6.45) is 2.32. The Balaban J connectivity index is 1.94. The predicted octanol–water partition coefficient (Wildman–Crippen LogP) is 2.54. The molecule has 4 nitrogen and oxygen atoms in total. The maximum absolute atomic E-state index is 11.4. The number of hydrogen-bond acceptors (Lipinski definition) is 3. The van der Waals surface area contributed by atoms with E-state index in [1.165, 1.54) is 5.56 Å². The molecule has 1 saturated carbocycles. The number of nitrogens with two attached hydrogens (primary N) is 2. The molecule has 2 aromatic carbocycles. The first-order chi connectivity index (χ1) is 10.1. The molecule has 4 N–H and O–H groups in total. The van der Waals surface area contributed by atoms with Crippen LogP contribution in [-0.4, -0.2) is 11.9 Å². The van der Waals surface area contributed by atoms with E-state index >= 15 is 0 Å². The summed E-state index contributed by atoms with van der Waals surface area (Å²) in [5.74, 6) is -0.424. The van der Waals surface area contributed by atoms with Crippen LogP contribution in [0.2, 0.25) is 0 Å². The molecule has 0 saturated heterocycles. The van der Waals surface area contributed by atoms with Gasteiger partial charge in [0.15, 0.2) is 0 Å². The highest BCUT2D eigenvalue weighted by Gasteiger charge is 2.30. The third kappa shape index (κ3) is 2.99. The van der Waals surface area contributed by atoms with Gasteiger partial charge in [0.2, 0.25) is 5.91 Å². The molecule has 108 valence electrons. The van der Waals surface area contributed by atoms with Crippen LogP contribution in [0, 0.1) is 0 Å². The molecule has 0 heterocycles. The third-order valence-corrected chi connectivity index (χ3v) is 3.81. The molecule has 21 heavy (non-hydrogen) atoms. The van der Waals surface area contributed by atoms with Crippen molar-refractivity contribution >= 4 is 17.3 Å². The summed E-state index contributed by atoms with van der Waals surface area (Å²) in [7, 11) is 0. The molecule has 0 aromatic heterocycles. The summed E-state index contributed by atoms with van der Waals surface area (Å²) in [6.45, 7) is 0.790. The largest absolute Gasteiger partial charge is 0.397 e. The Hall–Kier alpha value is -2.49. The summed E-state index contributed by atoms with van der Waals surface area (Å²) in [4.78, 5) is 13.7. The van der Waals surface area contributed by atoms with Crippen molar-refractivity contribution < 1.29 is 4.79 Å². The molecule has 1 aliphatic carbocycles. The highest BCUT2D eigenvalue weighted by Crippen LogP contribution is 2.36. The van der Waals surface area contributed by atoms with Gasteiger partial charge >= 0.3 is 0 Å². The minimum atomic E-state index is -0.424. The first-order valence-corrected chi connectivity index (χ1v) is 7.15. The van der Waals surface area contributed by atoms with Crippen molar-refractivity contribution in [2.24, 2.45) is 5.73 Å². The highest BCUT2D eigenvalue weighted by atomic mass is 16.1. The Bertz CT molecular complexity index is 650. The van der Waals surface area contributed by atoms with E-state index in [2.05, 4.69) is 17.0 Å². The lowest BCUT2D eigenvalue weighted by Gasteiger charge is -2.26. The fraction of sp³-hybridized carbons (Fsp3) is 0.235. The van der Waals surface area contributed by atoms with Crippen LogP contribution < -0.4 is 16.4 Å². The zero-order valence-corrected chi connectivity index (χ0v) is 11.8. The molecule has 0 atom stereocenters. The van der Waals surface area contributed by atoms with E-state index in [1.807, 2.05) is 18.2 Å². The quantitative estimate of drug-likeness (QED) is 0.827. The first-order valence-electron chi connectivity index (χ1n) is 7.15. The van der Waals surface area contributed by atoms with Crippen LogP contribution in [0.15, 0.2) is 48.5 Å². The molecule has 4 heteroatoms. The number of nitrogens with zero attached hydrogens (tertiary/aromatic N) is 1. The van der Waals surface area contributed by atoms with Gasteiger partial charge in [-0.3, -0.25) is 4.79 Å². The molecule has 0 aliphatic heterocycles. The maximum Gasteiger partial charge on any atom is 0.248 e. The second-order valence-corrected chi connectivity index (χ2v) is 5.48. The van der Waals surface area contributed by atoms with Crippen molar-refractivity contribution in [1.29, 1.82) is 0 Å². The lowest BCUT2D eigenvalue weighted by Crippen LogP contribution is -2.26. The van der Waals surface area contributed by atoms with Crippen LogP contribution in [0.3, 0.4) is 0 Å². The van der Waals surface area contributed by atoms with Crippen LogP contribution in [0.25, 0.3) is 0 Å². The third-order valence-electron chi connectivity index (χ3n) is 3.81. The topological polar surface area (TPSA) is 72.3 Å². The van der Waals surface area contributed by atoms with Crippen molar-refractivity contribution in [3.63, 3.8) is 0 Å². The smallest absolute Gasteiger partial charge is 0.248 e. The van der Waals surface area contributed by atoms with E-state index in [1.54, 1.807) is 18.2 Å². The normalized spacial score (nSPS) is 13.9. The van der Waals surface area contributed by atoms with E-state index in [-0.39, 0.29) is 0 Å². The summed E-state index contributed by atoms with van der Waals surface area (Å²) >= 11 is 0. The first kappa shape index (κ1) is 13.5. The number of rotatable bonds is 5. The van der Waals surface area contributed by atoms with Crippen LogP contribution in [-0.2, 0) is 6.54 Å². The number of hydrogen-bond donors (Lipinski definition) is 2. The van der Waals surface area contributed by atoms with Gasteiger partial charge in [-0.2, -0.15) is 0 Å². The van der Waals surface area contributed by atoms with Gasteiger partial charge in [0, 0.05) is 18.2 Å². The SMILES string of the molecule is NC(=O)c1ccc(N)c(N(Cc2ccccc2)C2CC2)c1. The molecule has 0 radical (unpaired) electrons. The van der Waals surface area contributed by atoms with Crippen LogP contribution in [0.5, 0.6) is 0 Å². The van der Waals surface area contributed by atoms with Gasteiger partial charge in [-0.15, -0.1) is 0 Å². The number of carbonyl (C=O) groups excluding carboxylic acids is 1. The summed E-state index contributed by atoms with van der Waals surface area (Å²) in [6, 6.07) is 16.0. The summed E-state index contributed by atoms with van der Waals surface area (Å²) < 4.78 is 0. The molecule has 0 spiro atoms. The molecule has 3 rings (SSSR count). The minimum Gasteiger partial charge on any atom is -0.397 e. The lowest BCUT2D eigenvalue weighted by molar-refractivity contribution is 0.100. The van der Waals surface area contributed by atoms with Crippen molar-refractivity contribution in [2.45, 2.75) is 25.4 Å². The van der Waals surface area contributed by atoms with Crippen molar-refractivity contribution in [1.82, 2.24) is 0 Å². The Kier molecular flexibility index (Phi) is 3.52. The van der Waals surface area contributed by atoms with Gasteiger partial charge in [0.05, 0.1) is 11.4 Å². The Morgan fingerprint density at radius 2 is 1.86 bits per heavy atom. The second-order valence-electron chi connectivity index (χ2n) is 5.48. The van der Waals surface area contributed by atoms with E-state index in [4.69, 9.17) is 11.5 Å². The van der Waals surface area contributed by atoms with Crippen molar-refractivity contribution in [3.05, 3.63) is 59.7 Å². The fourth-order valence-corrected chi connectivity index (χ4v) is 2.52. The Labute approximate surface area is 124 Å². The van der Waals surface area contributed by atoms with E-state index < -0.39 is 5.91 Å². The molecular weight excluding hydrogens is 262 g/mol. The molecule has 0 bridgehead atoms. The minimum absolute atomic E-state index is 0.424. The molecule has 1 fully saturated rings. The zero-order valence-electron chi connectivity index (χ0n) is 11.8. The van der Waals surface area contributed by atoms with Crippen molar-refractivity contribution in [2.75, 3.05) is 10.6 Å². The number of benzene rings is 2. The van der Waals surface area contributed by atoms with E-state index in [0.29, 0.717) is 17.3 Å². The predicted molar refractivity (Wildman–Crippen MR) is 85.0 cm³/mol. The molecule has 0 unspecified atom stereocenters. The van der Waals surface area contributed by atoms with Crippen molar-refractivity contribution in [3.8, 4) is 0 Å². The van der Waals surface area contributed by atoms with Gasteiger partial charge < -0.3 is 16.4 Å². The summed E-state index contributed by atoms with van der Waals surface area (Å²) in [5.41, 5.74) is 14.8. The van der Waals surface area contributed by atoms with Crippen LogP contribution >= 0.6 is 0 Å². The highest BCUT2D eigenvalue weighted by molar-refractivity contribution is 5.95. The Morgan fingerprint density at radius 1 is 1.14 bits per heavy atom. The average Bonchev–Trinajstić information content (AvgIpc) is 3.31. The molecular formula is C17H19N3O. The molecule has 1 amide bonds. The number of amides is 1. The number of nitrogen functional groups attached to an aromatic ring is 1. The monoisotopic (exact) mass is 281 g/mol. The van der Waals surface area contributed by atoms with Crippen LogP contribution in [0.4, 0.5) is 11.4 Å². The standard InChI is InChI=1S/C17H19N3O/c18-15-9-6-13(17(19)21)10-16(15)20(14-7-8-14)11-12-4-2-1-3-5-12/h1-6,9-10,14H,7-8,11,18H2,(H2,19,21). The fourth-order valence-electron chi connectivity index (χ4n) is 2.52. The van der Waals surface area contributed by atoms with Gasteiger partial charge in [-0.25, -0.2) is 0 Å². The summed E-state index contributed by atoms with van der Waals surface area (Å²) in [5, 5.41) is 0. The van der Waals surface area contributed by atoms with Gasteiger partial charge in [0.1, 0.15) is 0 Å². The molecule has 1 aliphatic rings. The van der Waals surface area contributed by atoms with Gasteiger partial charge in [0.25, 0.3) is 0 Å². The second kappa shape index (κ2) is 5.48. The lowest BCUT2D eigenvalue weighted by atomic mass is 10.1. The van der Waals surface area contributed by atoms with E-state index in [0.717, 1.165) is 25.1 Å². The average molecular weight is 281 g/mol. The maximum atomic E-state index is 11.4. The number of primary amides is 1. The van der Waals surface area contributed by atoms with Crippen LogP contribution in [0.1, 0.15) is 28.8 Å². The number of carbonyl (C=O) groups is 1. The van der Waals surface area contributed by atoms with Gasteiger partial charge in [-0.1, -0.05) is 30.3 Å². The van der Waals surface area contributed by atoms with Gasteiger partial charge in [-0.05, 0) is 36.6 Å². The number of anilines is 2. The van der Waals surface area contributed by atoms with E-state index in [9.17, 15) is 4.79 Å². The molecule has 2 aromatic rings.